The van der Waals surface area contributed by atoms with Crippen molar-refractivity contribution in [1.29, 1.82) is 0 Å². The molecule has 1 atom stereocenters. The van der Waals surface area contributed by atoms with Gasteiger partial charge in [0.15, 0.2) is 0 Å². The van der Waals surface area contributed by atoms with E-state index in [2.05, 4.69) is 16.8 Å². The predicted molar refractivity (Wildman–Crippen MR) is 68.4 cm³/mol. The Balaban J connectivity index is 1.77. The highest BCUT2D eigenvalue weighted by molar-refractivity contribution is 4.80. The van der Waals surface area contributed by atoms with E-state index < -0.39 is 0 Å². The molecule has 0 spiro atoms. The molecule has 2 aliphatic rings. The van der Waals surface area contributed by atoms with E-state index in [1.54, 1.807) is 0 Å². The number of likely N-dealkylation sites (N-methyl/N-ethyl adjacent to an activating group) is 1. The fourth-order valence-corrected chi connectivity index (χ4v) is 3.21. The number of rotatable bonds is 4. The smallest absolute Gasteiger partial charge is 0.0110 e. The first-order valence-electron chi connectivity index (χ1n) is 6.90. The Bertz CT molecular complexity index is 193. The van der Waals surface area contributed by atoms with Crippen molar-refractivity contribution in [3.05, 3.63) is 0 Å². The van der Waals surface area contributed by atoms with Crippen LogP contribution < -0.4 is 5.73 Å². The van der Waals surface area contributed by atoms with Crippen LogP contribution in [0.2, 0.25) is 0 Å². The fraction of sp³-hybridized carbons (Fsp3) is 1.00. The highest BCUT2D eigenvalue weighted by atomic mass is 15.2. The molecule has 0 aromatic carbocycles. The third kappa shape index (κ3) is 3.19. The van der Waals surface area contributed by atoms with Crippen LogP contribution in [-0.4, -0.2) is 56.1 Å². The largest absolute Gasteiger partial charge is 0.330 e. The van der Waals surface area contributed by atoms with Crippen LogP contribution in [0, 0.1) is 11.8 Å². The van der Waals surface area contributed by atoms with Crippen molar-refractivity contribution in [2.75, 3.05) is 46.3 Å². The maximum atomic E-state index is 5.96. The van der Waals surface area contributed by atoms with Crippen molar-refractivity contribution in [3.63, 3.8) is 0 Å². The summed E-state index contributed by atoms with van der Waals surface area (Å²) in [5.74, 6) is 1.68. The molecular weight excluding hydrogens is 198 g/mol. The molecule has 3 nitrogen and oxygen atoms in total. The molecular formula is C13H27N3. The molecule has 2 rings (SSSR count). The minimum absolute atomic E-state index is 0.755. The van der Waals surface area contributed by atoms with Gasteiger partial charge < -0.3 is 15.5 Å². The van der Waals surface area contributed by atoms with Crippen LogP contribution in [0.15, 0.2) is 0 Å². The molecule has 1 aliphatic heterocycles. The maximum Gasteiger partial charge on any atom is 0.0110 e. The highest BCUT2D eigenvalue weighted by Crippen LogP contribution is 2.31. The van der Waals surface area contributed by atoms with E-state index in [0.29, 0.717) is 0 Å². The lowest BCUT2D eigenvalue weighted by atomic mass is 9.90. The van der Waals surface area contributed by atoms with Crippen LogP contribution in [0.25, 0.3) is 0 Å². The van der Waals surface area contributed by atoms with Crippen molar-refractivity contribution < 1.29 is 0 Å². The number of hydrogen-bond acceptors (Lipinski definition) is 3. The molecule has 94 valence electrons. The monoisotopic (exact) mass is 225 g/mol. The molecule has 0 bridgehead atoms. The van der Waals surface area contributed by atoms with Gasteiger partial charge in [-0.05, 0) is 25.4 Å². The molecule has 0 radical (unpaired) electrons. The lowest BCUT2D eigenvalue weighted by molar-refractivity contribution is 0.122. The summed E-state index contributed by atoms with van der Waals surface area (Å²) in [5.41, 5.74) is 5.96. The van der Waals surface area contributed by atoms with Gasteiger partial charge in [0.25, 0.3) is 0 Å². The fourth-order valence-electron chi connectivity index (χ4n) is 3.21. The van der Waals surface area contributed by atoms with Crippen molar-refractivity contribution in [1.82, 2.24) is 9.80 Å². The molecule has 2 N–H and O–H groups in total. The second kappa shape index (κ2) is 5.99. The van der Waals surface area contributed by atoms with Gasteiger partial charge in [-0.1, -0.05) is 25.7 Å². The average molecular weight is 225 g/mol. The van der Waals surface area contributed by atoms with E-state index in [1.807, 2.05) is 0 Å². The topological polar surface area (TPSA) is 32.5 Å². The van der Waals surface area contributed by atoms with Gasteiger partial charge in [0.05, 0.1) is 0 Å². The van der Waals surface area contributed by atoms with Gasteiger partial charge in [0.2, 0.25) is 0 Å². The zero-order valence-corrected chi connectivity index (χ0v) is 10.7. The standard InChI is InChI=1S/C13H27N3/c1-15-6-8-16(9-7-15)11-13(10-14)12-4-2-3-5-12/h12-13H,2-11,14H2,1H3. The summed E-state index contributed by atoms with van der Waals surface area (Å²) in [6.45, 7) is 7.05. The van der Waals surface area contributed by atoms with E-state index in [0.717, 1.165) is 18.4 Å². The first-order chi connectivity index (χ1) is 7.79. The van der Waals surface area contributed by atoms with E-state index in [-0.39, 0.29) is 0 Å². The Kier molecular flexibility index (Phi) is 4.62. The first kappa shape index (κ1) is 12.3. The third-order valence-corrected chi connectivity index (χ3v) is 4.46. The van der Waals surface area contributed by atoms with Gasteiger partial charge in [-0.15, -0.1) is 0 Å². The van der Waals surface area contributed by atoms with E-state index in [9.17, 15) is 0 Å². The predicted octanol–water partition coefficient (Wildman–Crippen LogP) is 0.999. The number of piperazine rings is 1. The Morgan fingerprint density at radius 1 is 1.12 bits per heavy atom. The summed E-state index contributed by atoms with van der Waals surface area (Å²) in [6, 6.07) is 0. The quantitative estimate of drug-likeness (QED) is 0.775. The molecule has 0 aromatic heterocycles. The van der Waals surface area contributed by atoms with Gasteiger partial charge in [-0.25, -0.2) is 0 Å². The second-order valence-electron chi connectivity index (χ2n) is 5.64. The van der Waals surface area contributed by atoms with Crippen LogP contribution in [0.4, 0.5) is 0 Å². The van der Waals surface area contributed by atoms with Gasteiger partial charge in [-0.2, -0.15) is 0 Å². The van der Waals surface area contributed by atoms with Crippen LogP contribution in [0.5, 0.6) is 0 Å². The van der Waals surface area contributed by atoms with Crippen LogP contribution in [0.1, 0.15) is 25.7 Å². The zero-order chi connectivity index (χ0) is 11.4. The van der Waals surface area contributed by atoms with Gasteiger partial charge in [-0.3, -0.25) is 0 Å². The van der Waals surface area contributed by atoms with Gasteiger partial charge >= 0.3 is 0 Å². The lowest BCUT2D eigenvalue weighted by Crippen LogP contribution is -2.47. The maximum absolute atomic E-state index is 5.96. The molecule has 1 saturated heterocycles. The summed E-state index contributed by atoms with van der Waals surface area (Å²) in [6.07, 6.45) is 5.72. The second-order valence-corrected chi connectivity index (χ2v) is 5.64. The zero-order valence-electron chi connectivity index (χ0n) is 10.7. The van der Waals surface area contributed by atoms with Crippen molar-refractivity contribution in [3.8, 4) is 0 Å². The molecule has 16 heavy (non-hydrogen) atoms. The normalized spacial score (nSPS) is 27.4. The van der Waals surface area contributed by atoms with Gasteiger partial charge in [0.1, 0.15) is 0 Å². The number of nitrogens with zero attached hydrogens (tertiary/aromatic N) is 2. The molecule has 1 aliphatic carbocycles. The molecule has 2 fully saturated rings. The Morgan fingerprint density at radius 2 is 1.75 bits per heavy atom. The summed E-state index contributed by atoms with van der Waals surface area (Å²) in [4.78, 5) is 5.04. The van der Waals surface area contributed by atoms with Crippen molar-refractivity contribution >= 4 is 0 Å². The summed E-state index contributed by atoms with van der Waals surface area (Å²) < 4.78 is 0. The molecule has 1 unspecified atom stereocenters. The summed E-state index contributed by atoms with van der Waals surface area (Å²) >= 11 is 0. The minimum atomic E-state index is 0.755. The van der Waals surface area contributed by atoms with Crippen LogP contribution in [0.3, 0.4) is 0 Å². The lowest BCUT2D eigenvalue weighted by Gasteiger charge is -2.36. The van der Waals surface area contributed by atoms with Crippen molar-refractivity contribution in [2.24, 2.45) is 17.6 Å². The molecule has 1 heterocycles. The van der Waals surface area contributed by atoms with E-state index in [1.165, 1.54) is 58.4 Å². The van der Waals surface area contributed by atoms with E-state index >= 15 is 0 Å². The van der Waals surface area contributed by atoms with E-state index in [4.69, 9.17) is 5.73 Å². The van der Waals surface area contributed by atoms with Gasteiger partial charge in [0, 0.05) is 32.7 Å². The Morgan fingerprint density at radius 3 is 2.31 bits per heavy atom. The number of nitrogens with two attached hydrogens (primary N) is 1. The molecule has 0 amide bonds. The summed E-state index contributed by atoms with van der Waals surface area (Å²) in [7, 11) is 2.22. The molecule has 3 heteroatoms. The SMILES string of the molecule is CN1CCN(CC(CN)C2CCCC2)CC1. The third-order valence-electron chi connectivity index (χ3n) is 4.46. The Hall–Kier alpha value is -0.120. The highest BCUT2D eigenvalue weighted by Gasteiger charge is 2.26. The Labute approximate surface area is 100.0 Å². The minimum Gasteiger partial charge on any atom is -0.330 e. The molecule has 1 saturated carbocycles. The summed E-state index contributed by atoms with van der Waals surface area (Å²) in [5, 5.41) is 0. The van der Waals surface area contributed by atoms with Crippen molar-refractivity contribution in [2.45, 2.75) is 25.7 Å². The first-order valence-corrected chi connectivity index (χ1v) is 6.90. The average Bonchev–Trinajstić information content (AvgIpc) is 2.82. The molecule has 0 aromatic rings. The van der Waals surface area contributed by atoms with Crippen LogP contribution >= 0.6 is 0 Å². The number of hydrogen-bond donors (Lipinski definition) is 1. The van der Waals surface area contributed by atoms with Crippen LogP contribution in [-0.2, 0) is 0 Å².